The number of amides is 2. The molecule has 1 aromatic heterocycles. The van der Waals surface area contributed by atoms with E-state index < -0.39 is 0 Å². The third-order valence-corrected chi connectivity index (χ3v) is 4.39. The summed E-state index contributed by atoms with van der Waals surface area (Å²) in [5.41, 5.74) is 1.10. The van der Waals surface area contributed by atoms with Crippen molar-refractivity contribution in [3.05, 3.63) is 53.9 Å². The Kier molecular flexibility index (Phi) is 6.32. The fraction of sp³-hybridized carbons (Fsp3) is 0.368. The van der Waals surface area contributed by atoms with E-state index in [1.54, 1.807) is 49.8 Å². The topological polar surface area (TPSA) is 87.7 Å². The van der Waals surface area contributed by atoms with Crippen LogP contribution >= 0.6 is 0 Å². The van der Waals surface area contributed by atoms with E-state index in [9.17, 15) is 9.59 Å². The highest BCUT2D eigenvalue weighted by atomic mass is 16.5. The van der Waals surface area contributed by atoms with E-state index in [1.165, 1.54) is 0 Å². The van der Waals surface area contributed by atoms with Crippen molar-refractivity contribution < 1.29 is 14.3 Å². The highest BCUT2D eigenvalue weighted by molar-refractivity contribution is 5.97. The van der Waals surface area contributed by atoms with E-state index in [1.807, 2.05) is 4.90 Å². The van der Waals surface area contributed by atoms with Crippen molar-refractivity contribution >= 4 is 17.8 Å². The third-order valence-electron chi connectivity index (χ3n) is 4.39. The Labute approximate surface area is 158 Å². The molecule has 2 aromatic rings. The number of hydrogen-bond acceptors (Lipinski definition) is 6. The van der Waals surface area contributed by atoms with Crippen molar-refractivity contribution in [2.45, 2.75) is 0 Å². The quantitative estimate of drug-likeness (QED) is 0.759. The van der Waals surface area contributed by atoms with Crippen LogP contribution in [0.3, 0.4) is 0 Å². The standard InChI is InChI=1S/C19H23N5O3/c1-27-14-9-20-17(25)15-3-5-16(6-4-15)18(26)23-10-12-24(13-11-23)19-21-7-2-8-22-19/h2-8H,9-14H2,1H3,(H,20,25). The van der Waals surface area contributed by atoms with Gasteiger partial charge in [0.15, 0.2) is 0 Å². The van der Waals surface area contributed by atoms with Crippen LogP contribution in [0.5, 0.6) is 0 Å². The van der Waals surface area contributed by atoms with E-state index >= 15 is 0 Å². The molecule has 1 aliphatic rings. The maximum Gasteiger partial charge on any atom is 0.253 e. The molecule has 0 atom stereocenters. The van der Waals surface area contributed by atoms with Crippen LogP contribution in [-0.2, 0) is 4.74 Å². The van der Waals surface area contributed by atoms with Crippen molar-refractivity contribution in [3.8, 4) is 0 Å². The van der Waals surface area contributed by atoms with Gasteiger partial charge in [-0.15, -0.1) is 0 Å². The van der Waals surface area contributed by atoms with Crippen LogP contribution in [0, 0.1) is 0 Å². The summed E-state index contributed by atoms with van der Waals surface area (Å²) in [6, 6.07) is 8.51. The van der Waals surface area contributed by atoms with Gasteiger partial charge < -0.3 is 19.9 Å². The summed E-state index contributed by atoms with van der Waals surface area (Å²) < 4.78 is 4.91. The monoisotopic (exact) mass is 369 g/mol. The van der Waals surface area contributed by atoms with E-state index in [2.05, 4.69) is 20.2 Å². The molecule has 0 saturated carbocycles. The first-order valence-corrected chi connectivity index (χ1v) is 8.87. The molecular weight excluding hydrogens is 346 g/mol. The highest BCUT2D eigenvalue weighted by Crippen LogP contribution is 2.13. The van der Waals surface area contributed by atoms with Gasteiger partial charge in [-0.05, 0) is 30.3 Å². The molecule has 1 saturated heterocycles. The smallest absolute Gasteiger partial charge is 0.253 e. The average Bonchev–Trinajstić information content (AvgIpc) is 2.74. The van der Waals surface area contributed by atoms with Gasteiger partial charge in [-0.2, -0.15) is 0 Å². The fourth-order valence-corrected chi connectivity index (χ4v) is 2.88. The van der Waals surface area contributed by atoms with Crippen LogP contribution in [0.4, 0.5) is 5.95 Å². The molecule has 0 unspecified atom stereocenters. The Morgan fingerprint density at radius 2 is 1.67 bits per heavy atom. The molecule has 142 valence electrons. The lowest BCUT2D eigenvalue weighted by atomic mass is 10.1. The second-order valence-corrected chi connectivity index (χ2v) is 6.15. The van der Waals surface area contributed by atoms with Crippen molar-refractivity contribution in [2.75, 3.05) is 51.3 Å². The Morgan fingerprint density at radius 3 is 2.30 bits per heavy atom. The summed E-state index contributed by atoms with van der Waals surface area (Å²) in [5, 5.41) is 2.76. The zero-order chi connectivity index (χ0) is 19.1. The molecule has 8 nitrogen and oxygen atoms in total. The SMILES string of the molecule is COCCNC(=O)c1ccc(C(=O)N2CCN(c3ncccn3)CC2)cc1. The Bertz CT molecular complexity index is 759. The van der Waals surface area contributed by atoms with Crippen molar-refractivity contribution in [1.82, 2.24) is 20.2 Å². The van der Waals surface area contributed by atoms with Crippen LogP contribution in [0.2, 0.25) is 0 Å². The number of ether oxygens (including phenoxy) is 1. The zero-order valence-corrected chi connectivity index (χ0v) is 15.3. The second kappa shape index (κ2) is 9.09. The first-order valence-electron chi connectivity index (χ1n) is 8.87. The molecule has 1 N–H and O–H groups in total. The summed E-state index contributed by atoms with van der Waals surface area (Å²) in [5.74, 6) is 0.478. The molecule has 1 aromatic carbocycles. The van der Waals surface area contributed by atoms with Crippen molar-refractivity contribution in [2.24, 2.45) is 0 Å². The number of rotatable bonds is 6. The number of methoxy groups -OCH3 is 1. The minimum absolute atomic E-state index is 0.0324. The number of anilines is 1. The Balaban J connectivity index is 1.54. The third kappa shape index (κ3) is 4.79. The minimum atomic E-state index is -0.178. The number of piperazine rings is 1. The molecule has 2 amide bonds. The predicted molar refractivity (Wildman–Crippen MR) is 101 cm³/mol. The van der Waals surface area contributed by atoms with Gasteiger partial charge in [-0.25, -0.2) is 9.97 Å². The second-order valence-electron chi connectivity index (χ2n) is 6.15. The molecule has 1 aliphatic heterocycles. The van der Waals surface area contributed by atoms with Crippen molar-refractivity contribution in [3.63, 3.8) is 0 Å². The maximum absolute atomic E-state index is 12.7. The number of aromatic nitrogens is 2. The van der Waals surface area contributed by atoms with Crippen LogP contribution in [0.15, 0.2) is 42.7 Å². The molecule has 3 rings (SSSR count). The summed E-state index contributed by atoms with van der Waals surface area (Å²) in [6.45, 7) is 3.51. The summed E-state index contributed by atoms with van der Waals surface area (Å²) in [6.07, 6.45) is 3.43. The van der Waals surface area contributed by atoms with Gasteiger partial charge in [0.1, 0.15) is 0 Å². The fourth-order valence-electron chi connectivity index (χ4n) is 2.88. The lowest BCUT2D eigenvalue weighted by molar-refractivity contribution is 0.0745. The largest absolute Gasteiger partial charge is 0.383 e. The van der Waals surface area contributed by atoms with Gasteiger partial charge >= 0.3 is 0 Å². The summed E-state index contributed by atoms with van der Waals surface area (Å²) in [4.78, 5) is 37.1. The average molecular weight is 369 g/mol. The molecule has 0 spiro atoms. The first kappa shape index (κ1) is 18.8. The molecule has 1 fully saturated rings. The van der Waals surface area contributed by atoms with E-state index in [0.29, 0.717) is 56.4 Å². The van der Waals surface area contributed by atoms with Gasteiger partial charge in [0.05, 0.1) is 6.61 Å². The summed E-state index contributed by atoms with van der Waals surface area (Å²) >= 11 is 0. The van der Waals surface area contributed by atoms with Gasteiger partial charge in [0.25, 0.3) is 11.8 Å². The predicted octanol–water partition coefficient (Wildman–Crippen LogP) is 0.815. The van der Waals surface area contributed by atoms with Crippen LogP contribution in [0.25, 0.3) is 0 Å². The van der Waals surface area contributed by atoms with E-state index in [0.717, 1.165) is 0 Å². The van der Waals surface area contributed by atoms with Gasteiger partial charge in [-0.3, -0.25) is 9.59 Å². The first-order chi connectivity index (χ1) is 13.2. The zero-order valence-electron chi connectivity index (χ0n) is 15.3. The van der Waals surface area contributed by atoms with Crippen LogP contribution in [0.1, 0.15) is 20.7 Å². The number of hydrogen-bond donors (Lipinski definition) is 1. The molecule has 2 heterocycles. The number of benzene rings is 1. The van der Waals surface area contributed by atoms with E-state index in [-0.39, 0.29) is 11.8 Å². The van der Waals surface area contributed by atoms with Gasteiger partial charge in [0.2, 0.25) is 5.95 Å². The molecule has 0 radical (unpaired) electrons. The van der Waals surface area contributed by atoms with Gasteiger partial charge in [0, 0.05) is 63.4 Å². The molecule has 0 bridgehead atoms. The van der Waals surface area contributed by atoms with Gasteiger partial charge in [-0.1, -0.05) is 0 Å². The van der Waals surface area contributed by atoms with Crippen LogP contribution < -0.4 is 10.2 Å². The van der Waals surface area contributed by atoms with E-state index in [4.69, 9.17) is 4.74 Å². The number of carbonyl (C=O) groups is 2. The highest BCUT2D eigenvalue weighted by Gasteiger charge is 2.23. The van der Waals surface area contributed by atoms with Crippen LogP contribution in [-0.4, -0.2) is 73.1 Å². The summed E-state index contributed by atoms with van der Waals surface area (Å²) in [7, 11) is 1.58. The molecular formula is C19H23N5O3. The lowest BCUT2D eigenvalue weighted by Crippen LogP contribution is -2.49. The Morgan fingerprint density at radius 1 is 1.04 bits per heavy atom. The Hall–Kier alpha value is -3.00. The molecule has 27 heavy (non-hydrogen) atoms. The number of nitrogens with one attached hydrogen (secondary N) is 1. The number of nitrogens with zero attached hydrogens (tertiary/aromatic N) is 4. The minimum Gasteiger partial charge on any atom is -0.383 e. The maximum atomic E-state index is 12.7. The molecule has 0 aliphatic carbocycles. The lowest BCUT2D eigenvalue weighted by Gasteiger charge is -2.34. The number of carbonyl (C=O) groups excluding carboxylic acids is 2. The van der Waals surface area contributed by atoms with Crippen molar-refractivity contribution in [1.29, 1.82) is 0 Å². The molecule has 8 heteroatoms. The normalized spacial score (nSPS) is 14.1.